The average molecular weight is 260 g/mol. The van der Waals surface area contributed by atoms with Gasteiger partial charge in [-0.1, -0.05) is 24.6 Å². The maximum Gasteiger partial charge on any atom is 0.122 e. The van der Waals surface area contributed by atoms with Gasteiger partial charge in [0, 0.05) is 12.5 Å². The van der Waals surface area contributed by atoms with Gasteiger partial charge in [0.1, 0.15) is 5.75 Å². The molecule has 0 aliphatic carbocycles. The molecule has 0 saturated heterocycles. The van der Waals surface area contributed by atoms with Gasteiger partial charge in [-0.05, 0) is 44.2 Å². The number of benzene rings is 1. The number of nitriles is 1. The minimum Gasteiger partial charge on any atom is -0.493 e. The highest BCUT2D eigenvalue weighted by molar-refractivity contribution is 5.37. The predicted octanol–water partition coefficient (Wildman–Crippen LogP) is 3.35. The summed E-state index contributed by atoms with van der Waals surface area (Å²) in [7, 11) is 0. The molecule has 1 unspecified atom stereocenters. The molecule has 0 aromatic heterocycles. The number of unbranched alkanes of at least 4 members (excludes halogenated alkanes) is 2. The Morgan fingerprint density at radius 2 is 2.16 bits per heavy atom. The van der Waals surface area contributed by atoms with E-state index in [1.807, 2.05) is 6.07 Å². The molecule has 104 valence electrons. The van der Waals surface area contributed by atoms with Crippen LogP contribution in [0.1, 0.15) is 43.7 Å². The van der Waals surface area contributed by atoms with Crippen LogP contribution in [0.2, 0.25) is 0 Å². The summed E-state index contributed by atoms with van der Waals surface area (Å²) in [5, 5.41) is 8.48. The van der Waals surface area contributed by atoms with Gasteiger partial charge in [0.2, 0.25) is 0 Å². The SMILES string of the molecule is CCC(N)Cc1cc(C)ccc1OCCCCC#N. The van der Waals surface area contributed by atoms with Crippen LogP contribution in [0.3, 0.4) is 0 Å². The summed E-state index contributed by atoms with van der Waals surface area (Å²) >= 11 is 0. The quantitative estimate of drug-likeness (QED) is 0.729. The first-order valence-corrected chi connectivity index (χ1v) is 7.02. The highest BCUT2D eigenvalue weighted by atomic mass is 16.5. The third-order valence-electron chi connectivity index (χ3n) is 3.16. The minimum absolute atomic E-state index is 0.183. The van der Waals surface area contributed by atoms with E-state index in [0.717, 1.165) is 31.4 Å². The molecule has 1 aromatic carbocycles. The smallest absolute Gasteiger partial charge is 0.122 e. The van der Waals surface area contributed by atoms with Gasteiger partial charge in [0.25, 0.3) is 0 Å². The molecular formula is C16H24N2O. The summed E-state index contributed by atoms with van der Waals surface area (Å²) in [5.74, 6) is 0.937. The fourth-order valence-corrected chi connectivity index (χ4v) is 1.92. The van der Waals surface area contributed by atoms with E-state index < -0.39 is 0 Å². The van der Waals surface area contributed by atoms with E-state index >= 15 is 0 Å². The Hall–Kier alpha value is -1.53. The predicted molar refractivity (Wildman–Crippen MR) is 78.1 cm³/mol. The Balaban J connectivity index is 2.58. The van der Waals surface area contributed by atoms with Crippen LogP contribution >= 0.6 is 0 Å². The zero-order valence-electron chi connectivity index (χ0n) is 12.0. The third-order valence-corrected chi connectivity index (χ3v) is 3.16. The molecule has 0 bridgehead atoms. The first-order chi connectivity index (χ1) is 9.17. The summed E-state index contributed by atoms with van der Waals surface area (Å²) in [4.78, 5) is 0. The van der Waals surface area contributed by atoms with Crippen molar-refractivity contribution in [3.8, 4) is 11.8 Å². The molecule has 0 amide bonds. The molecule has 0 spiro atoms. The van der Waals surface area contributed by atoms with Gasteiger partial charge in [-0.15, -0.1) is 0 Å². The number of hydrogen-bond acceptors (Lipinski definition) is 3. The van der Waals surface area contributed by atoms with Crippen molar-refractivity contribution in [3.05, 3.63) is 29.3 Å². The molecule has 0 heterocycles. The van der Waals surface area contributed by atoms with Gasteiger partial charge in [-0.25, -0.2) is 0 Å². The van der Waals surface area contributed by atoms with E-state index in [1.165, 1.54) is 11.1 Å². The molecule has 0 aliphatic heterocycles. The second-order valence-electron chi connectivity index (χ2n) is 4.95. The average Bonchev–Trinajstić information content (AvgIpc) is 2.40. The van der Waals surface area contributed by atoms with Crippen LogP contribution < -0.4 is 10.5 Å². The molecule has 3 nitrogen and oxygen atoms in total. The summed E-state index contributed by atoms with van der Waals surface area (Å²) < 4.78 is 5.82. The van der Waals surface area contributed by atoms with Crippen LogP contribution in [0.4, 0.5) is 0 Å². The summed E-state index contributed by atoms with van der Waals surface area (Å²) in [6.45, 7) is 4.85. The van der Waals surface area contributed by atoms with Gasteiger partial charge in [-0.2, -0.15) is 5.26 Å². The fourth-order valence-electron chi connectivity index (χ4n) is 1.92. The number of ether oxygens (including phenoxy) is 1. The Morgan fingerprint density at radius 3 is 2.84 bits per heavy atom. The highest BCUT2D eigenvalue weighted by Crippen LogP contribution is 2.22. The summed E-state index contributed by atoms with van der Waals surface area (Å²) in [6, 6.07) is 8.57. The van der Waals surface area contributed by atoms with Crippen molar-refractivity contribution < 1.29 is 4.74 Å². The van der Waals surface area contributed by atoms with Gasteiger partial charge >= 0.3 is 0 Å². The van der Waals surface area contributed by atoms with Crippen LogP contribution in [-0.4, -0.2) is 12.6 Å². The van der Waals surface area contributed by atoms with Crippen molar-refractivity contribution >= 4 is 0 Å². The Kier molecular flexibility index (Phi) is 6.99. The van der Waals surface area contributed by atoms with Crippen LogP contribution in [-0.2, 0) is 6.42 Å². The molecule has 0 fully saturated rings. The number of rotatable bonds is 8. The van der Waals surface area contributed by atoms with Crippen LogP contribution in [0.5, 0.6) is 5.75 Å². The number of hydrogen-bond donors (Lipinski definition) is 1. The van der Waals surface area contributed by atoms with Crippen molar-refractivity contribution in [1.29, 1.82) is 5.26 Å². The Morgan fingerprint density at radius 1 is 1.37 bits per heavy atom. The van der Waals surface area contributed by atoms with E-state index in [2.05, 4.69) is 32.0 Å². The lowest BCUT2D eigenvalue weighted by molar-refractivity contribution is 0.303. The molecule has 2 N–H and O–H groups in total. The van der Waals surface area contributed by atoms with Crippen LogP contribution in [0.15, 0.2) is 18.2 Å². The normalized spacial score (nSPS) is 11.9. The minimum atomic E-state index is 0.183. The van der Waals surface area contributed by atoms with Gasteiger partial charge in [-0.3, -0.25) is 0 Å². The molecular weight excluding hydrogens is 236 g/mol. The first-order valence-electron chi connectivity index (χ1n) is 7.02. The van der Waals surface area contributed by atoms with Gasteiger partial charge in [0.15, 0.2) is 0 Å². The fraction of sp³-hybridized carbons (Fsp3) is 0.562. The maximum atomic E-state index is 8.48. The molecule has 0 aliphatic rings. The van der Waals surface area contributed by atoms with Crippen molar-refractivity contribution in [1.82, 2.24) is 0 Å². The lowest BCUT2D eigenvalue weighted by Gasteiger charge is -2.15. The highest BCUT2D eigenvalue weighted by Gasteiger charge is 2.08. The van der Waals surface area contributed by atoms with E-state index in [-0.39, 0.29) is 6.04 Å². The molecule has 0 radical (unpaired) electrons. The number of nitrogens with zero attached hydrogens (tertiary/aromatic N) is 1. The third kappa shape index (κ3) is 5.76. The second-order valence-corrected chi connectivity index (χ2v) is 4.95. The lowest BCUT2D eigenvalue weighted by atomic mass is 10.0. The monoisotopic (exact) mass is 260 g/mol. The standard InChI is InChI=1S/C16H24N2O/c1-3-15(18)12-14-11-13(2)7-8-16(14)19-10-6-4-5-9-17/h7-8,11,15H,3-6,10,12,18H2,1-2H3. The van der Waals surface area contributed by atoms with Gasteiger partial charge in [0.05, 0.1) is 12.7 Å². The molecule has 3 heteroatoms. The van der Waals surface area contributed by atoms with Gasteiger partial charge < -0.3 is 10.5 Å². The topological polar surface area (TPSA) is 59.0 Å². The molecule has 1 atom stereocenters. The molecule has 1 rings (SSSR count). The largest absolute Gasteiger partial charge is 0.493 e. The van der Waals surface area contributed by atoms with E-state index in [9.17, 15) is 0 Å². The van der Waals surface area contributed by atoms with E-state index in [4.69, 9.17) is 15.7 Å². The van der Waals surface area contributed by atoms with E-state index in [1.54, 1.807) is 0 Å². The maximum absolute atomic E-state index is 8.48. The first kappa shape index (κ1) is 15.5. The number of aryl methyl sites for hydroxylation is 1. The van der Waals surface area contributed by atoms with Crippen LogP contribution in [0, 0.1) is 18.3 Å². The number of nitrogens with two attached hydrogens (primary N) is 1. The summed E-state index contributed by atoms with van der Waals surface area (Å²) in [5.41, 5.74) is 8.45. The zero-order valence-corrected chi connectivity index (χ0v) is 12.0. The van der Waals surface area contributed by atoms with Crippen molar-refractivity contribution in [2.75, 3.05) is 6.61 Å². The second kappa shape index (κ2) is 8.55. The summed E-state index contributed by atoms with van der Waals surface area (Å²) in [6.07, 6.45) is 4.24. The van der Waals surface area contributed by atoms with Crippen molar-refractivity contribution in [3.63, 3.8) is 0 Å². The lowest BCUT2D eigenvalue weighted by Crippen LogP contribution is -2.21. The molecule has 1 aromatic rings. The zero-order chi connectivity index (χ0) is 14.1. The van der Waals surface area contributed by atoms with E-state index in [0.29, 0.717) is 13.0 Å². The van der Waals surface area contributed by atoms with Crippen molar-refractivity contribution in [2.24, 2.45) is 5.73 Å². The molecule has 19 heavy (non-hydrogen) atoms. The molecule has 0 saturated carbocycles. The Labute approximate surface area is 116 Å². The van der Waals surface area contributed by atoms with Crippen LogP contribution in [0.25, 0.3) is 0 Å². The van der Waals surface area contributed by atoms with Crippen molar-refractivity contribution in [2.45, 2.75) is 52.0 Å². The Bertz CT molecular complexity index is 423.